The second kappa shape index (κ2) is 10.5. The van der Waals surface area contributed by atoms with Crippen molar-refractivity contribution in [3.8, 4) is 11.1 Å². The number of nitrogens with zero attached hydrogens (tertiary/aromatic N) is 2. The SMILES string of the molecule is CC1=CC(C)=C(CNC(=O)c2cc(-c3ccc(CN(C)C)cc3)cc3c2c(Cl)cn3C(C)C)C(=O)C1. The van der Waals surface area contributed by atoms with Crippen LogP contribution in [-0.4, -0.2) is 41.8 Å². The van der Waals surface area contributed by atoms with E-state index in [4.69, 9.17) is 11.6 Å². The van der Waals surface area contributed by atoms with Crippen molar-refractivity contribution < 1.29 is 9.59 Å². The number of amides is 1. The number of ketones is 1. The second-order valence-electron chi connectivity index (χ2n) is 10.3. The highest BCUT2D eigenvalue weighted by molar-refractivity contribution is 6.37. The summed E-state index contributed by atoms with van der Waals surface area (Å²) >= 11 is 6.67. The summed E-state index contributed by atoms with van der Waals surface area (Å²) in [4.78, 5) is 28.2. The molecule has 1 amide bonds. The monoisotopic (exact) mass is 503 g/mol. The number of halogens is 1. The van der Waals surface area contributed by atoms with Crippen molar-refractivity contribution in [1.29, 1.82) is 0 Å². The van der Waals surface area contributed by atoms with Crippen LogP contribution in [0.2, 0.25) is 5.02 Å². The molecule has 1 heterocycles. The van der Waals surface area contributed by atoms with Gasteiger partial charge in [0.05, 0.1) is 16.1 Å². The molecule has 3 aromatic rings. The zero-order valence-electron chi connectivity index (χ0n) is 21.9. The lowest BCUT2D eigenvalue weighted by Gasteiger charge is -2.17. The standard InChI is InChI=1S/C30H34ClN3O2/c1-18(2)34-17-26(31)29-24(30(36)32-15-25-20(4)11-19(3)12-28(25)35)13-23(14-27(29)34)22-9-7-21(8-10-22)16-33(5)6/h7-11,13-14,17-18H,12,15-16H2,1-6H3,(H,32,36). The molecular formula is C30H34ClN3O2. The maximum atomic E-state index is 13.5. The van der Waals surface area contributed by atoms with Crippen LogP contribution >= 0.6 is 11.6 Å². The minimum atomic E-state index is -0.242. The molecule has 1 aliphatic rings. The van der Waals surface area contributed by atoms with E-state index >= 15 is 0 Å². The number of hydrogen-bond acceptors (Lipinski definition) is 3. The Morgan fingerprint density at radius 1 is 1.11 bits per heavy atom. The van der Waals surface area contributed by atoms with Gasteiger partial charge < -0.3 is 14.8 Å². The third-order valence-electron chi connectivity index (χ3n) is 6.61. The van der Waals surface area contributed by atoms with Gasteiger partial charge in [0.2, 0.25) is 0 Å². The van der Waals surface area contributed by atoms with Gasteiger partial charge in [-0.25, -0.2) is 0 Å². The maximum absolute atomic E-state index is 13.5. The van der Waals surface area contributed by atoms with E-state index in [1.165, 1.54) is 5.56 Å². The summed E-state index contributed by atoms with van der Waals surface area (Å²) in [7, 11) is 4.10. The van der Waals surface area contributed by atoms with Crippen LogP contribution in [0.1, 0.15) is 56.1 Å². The third kappa shape index (κ3) is 5.32. The topological polar surface area (TPSA) is 54.3 Å². The van der Waals surface area contributed by atoms with Gasteiger partial charge in [-0.05, 0) is 76.2 Å². The summed E-state index contributed by atoms with van der Waals surface area (Å²) in [5.74, 6) is -0.178. The van der Waals surface area contributed by atoms with Crippen molar-refractivity contribution in [2.75, 3.05) is 20.6 Å². The Morgan fingerprint density at radius 2 is 1.81 bits per heavy atom. The van der Waals surface area contributed by atoms with Crippen LogP contribution in [0.4, 0.5) is 0 Å². The average molecular weight is 504 g/mol. The molecule has 0 saturated heterocycles. The first-order chi connectivity index (χ1) is 17.0. The molecule has 0 aliphatic heterocycles. The quantitative estimate of drug-likeness (QED) is 0.396. The van der Waals surface area contributed by atoms with Gasteiger partial charge in [-0.15, -0.1) is 0 Å². The molecule has 4 rings (SSSR count). The van der Waals surface area contributed by atoms with Gasteiger partial charge in [0.1, 0.15) is 0 Å². The molecule has 0 fully saturated rings. The number of Topliss-reactive ketones (excluding diaryl/α,β-unsaturated/α-hetero) is 1. The van der Waals surface area contributed by atoms with Crippen molar-refractivity contribution in [2.45, 2.75) is 46.7 Å². The van der Waals surface area contributed by atoms with Gasteiger partial charge >= 0.3 is 0 Å². The molecule has 0 saturated carbocycles. The predicted molar refractivity (Wildman–Crippen MR) is 149 cm³/mol. The Balaban J connectivity index is 1.75. The first-order valence-electron chi connectivity index (χ1n) is 12.3. The highest BCUT2D eigenvalue weighted by Gasteiger charge is 2.22. The Kier molecular flexibility index (Phi) is 7.53. The fourth-order valence-electron chi connectivity index (χ4n) is 4.87. The average Bonchev–Trinajstić information content (AvgIpc) is 3.14. The van der Waals surface area contributed by atoms with E-state index in [9.17, 15) is 9.59 Å². The van der Waals surface area contributed by atoms with Crippen LogP contribution < -0.4 is 5.32 Å². The Hall–Kier alpha value is -3.15. The van der Waals surface area contributed by atoms with E-state index in [0.29, 0.717) is 22.6 Å². The Bertz CT molecular complexity index is 1390. The lowest BCUT2D eigenvalue weighted by molar-refractivity contribution is -0.115. The Labute approximate surface area is 218 Å². The molecular weight excluding hydrogens is 470 g/mol. The predicted octanol–water partition coefficient (Wildman–Crippen LogP) is 6.57. The van der Waals surface area contributed by atoms with Crippen molar-refractivity contribution in [2.24, 2.45) is 0 Å². The molecule has 1 aliphatic carbocycles. The number of carbonyl (C=O) groups excluding carboxylic acids is 2. The fraction of sp³-hybridized carbons (Fsp3) is 0.333. The highest BCUT2D eigenvalue weighted by atomic mass is 35.5. The molecule has 0 atom stereocenters. The molecule has 5 nitrogen and oxygen atoms in total. The minimum absolute atomic E-state index is 0.0634. The first kappa shape index (κ1) is 25.9. The molecule has 188 valence electrons. The number of rotatable bonds is 7. The number of hydrogen-bond donors (Lipinski definition) is 1. The van der Waals surface area contributed by atoms with Crippen LogP contribution in [-0.2, 0) is 11.3 Å². The van der Waals surface area contributed by atoms with Crippen molar-refractivity contribution in [3.05, 3.63) is 81.5 Å². The van der Waals surface area contributed by atoms with E-state index in [1.54, 1.807) is 0 Å². The normalized spacial score (nSPS) is 14.2. The molecule has 2 aromatic carbocycles. The number of carbonyl (C=O) groups is 2. The zero-order valence-corrected chi connectivity index (χ0v) is 22.7. The summed E-state index contributed by atoms with van der Waals surface area (Å²) in [5.41, 5.74) is 7.23. The van der Waals surface area contributed by atoms with Gasteiger partial charge in [0.25, 0.3) is 5.91 Å². The number of aromatic nitrogens is 1. The van der Waals surface area contributed by atoms with Crippen LogP contribution in [0, 0.1) is 0 Å². The fourth-order valence-corrected chi connectivity index (χ4v) is 5.17. The molecule has 1 N–H and O–H groups in total. The number of nitrogens with one attached hydrogen (secondary N) is 1. The Morgan fingerprint density at radius 3 is 2.42 bits per heavy atom. The maximum Gasteiger partial charge on any atom is 0.252 e. The van der Waals surface area contributed by atoms with E-state index in [-0.39, 0.29) is 24.3 Å². The van der Waals surface area contributed by atoms with Crippen LogP contribution in [0.3, 0.4) is 0 Å². The molecule has 0 spiro atoms. The summed E-state index contributed by atoms with van der Waals surface area (Å²) in [6.45, 7) is 9.12. The lowest BCUT2D eigenvalue weighted by Crippen LogP contribution is -2.29. The second-order valence-corrected chi connectivity index (χ2v) is 10.7. The van der Waals surface area contributed by atoms with Crippen molar-refractivity contribution in [1.82, 2.24) is 14.8 Å². The van der Waals surface area contributed by atoms with Gasteiger partial charge in [-0.1, -0.05) is 47.5 Å². The lowest BCUT2D eigenvalue weighted by atomic mass is 9.92. The zero-order chi connectivity index (χ0) is 26.1. The third-order valence-corrected chi connectivity index (χ3v) is 6.90. The highest BCUT2D eigenvalue weighted by Crippen LogP contribution is 2.35. The van der Waals surface area contributed by atoms with Gasteiger partial charge in [-0.2, -0.15) is 0 Å². The van der Waals surface area contributed by atoms with E-state index in [0.717, 1.165) is 39.7 Å². The minimum Gasteiger partial charge on any atom is -0.348 e. The summed E-state index contributed by atoms with van der Waals surface area (Å²) in [6, 6.07) is 12.6. The number of benzene rings is 2. The molecule has 36 heavy (non-hydrogen) atoms. The van der Waals surface area contributed by atoms with E-state index < -0.39 is 0 Å². The number of allylic oxidation sites excluding steroid dienone is 3. The summed E-state index contributed by atoms with van der Waals surface area (Å²) in [6.07, 6.45) is 4.30. The van der Waals surface area contributed by atoms with Crippen LogP contribution in [0.5, 0.6) is 0 Å². The first-order valence-corrected chi connectivity index (χ1v) is 12.7. The smallest absolute Gasteiger partial charge is 0.252 e. The molecule has 6 heteroatoms. The molecule has 0 bridgehead atoms. The van der Waals surface area contributed by atoms with Crippen molar-refractivity contribution in [3.63, 3.8) is 0 Å². The van der Waals surface area contributed by atoms with Crippen LogP contribution in [0.25, 0.3) is 22.0 Å². The number of fused-ring (bicyclic) bond motifs is 1. The van der Waals surface area contributed by atoms with Crippen molar-refractivity contribution >= 4 is 34.2 Å². The molecule has 0 radical (unpaired) electrons. The molecule has 1 aromatic heterocycles. The van der Waals surface area contributed by atoms with Gasteiger partial charge in [0.15, 0.2) is 5.78 Å². The van der Waals surface area contributed by atoms with Gasteiger partial charge in [0, 0.05) is 42.7 Å². The summed E-state index contributed by atoms with van der Waals surface area (Å²) in [5, 5.41) is 4.26. The molecule has 0 unspecified atom stereocenters. The largest absolute Gasteiger partial charge is 0.348 e. The van der Waals surface area contributed by atoms with Crippen LogP contribution in [0.15, 0.2) is 65.4 Å². The summed E-state index contributed by atoms with van der Waals surface area (Å²) < 4.78 is 2.10. The van der Waals surface area contributed by atoms with Gasteiger partial charge in [-0.3, -0.25) is 9.59 Å². The van der Waals surface area contributed by atoms with E-state index in [2.05, 4.69) is 59.0 Å². The van der Waals surface area contributed by atoms with E-state index in [1.807, 2.05) is 46.3 Å².